The second-order valence-electron chi connectivity index (χ2n) is 7.36. The molecule has 4 rings (SSSR count). The van der Waals surface area contributed by atoms with E-state index in [1.54, 1.807) is 24.3 Å². The van der Waals surface area contributed by atoms with E-state index in [4.69, 9.17) is 4.74 Å². The summed E-state index contributed by atoms with van der Waals surface area (Å²) < 4.78 is 5.82. The zero-order valence-electron chi connectivity index (χ0n) is 14.5. The molecule has 2 saturated carbocycles. The van der Waals surface area contributed by atoms with Crippen molar-refractivity contribution in [1.29, 1.82) is 0 Å². The number of rotatable bonds is 5. The van der Waals surface area contributed by atoms with Crippen LogP contribution in [0.1, 0.15) is 19.3 Å². The number of imide groups is 1. The number of likely N-dealkylation sites (tertiary alicyclic amines) is 1. The Balaban J connectivity index is 1.28. The van der Waals surface area contributed by atoms with E-state index in [2.05, 4.69) is 21.2 Å². The minimum atomic E-state index is -0.755. The first-order chi connectivity index (χ1) is 12.9. The fraction of sp³-hybridized carbons (Fsp3) is 0.474. The van der Waals surface area contributed by atoms with E-state index in [1.165, 1.54) is 0 Å². The predicted molar refractivity (Wildman–Crippen MR) is 98.3 cm³/mol. The van der Waals surface area contributed by atoms with Gasteiger partial charge in [-0.25, -0.2) is 0 Å². The summed E-state index contributed by atoms with van der Waals surface area (Å²) in [4.78, 5) is 50.0. The van der Waals surface area contributed by atoms with E-state index < -0.39 is 25.0 Å². The average molecular weight is 435 g/mol. The molecule has 3 aliphatic rings. The van der Waals surface area contributed by atoms with Crippen molar-refractivity contribution < 1.29 is 23.9 Å². The number of carbonyl (C=O) groups is 4. The van der Waals surface area contributed by atoms with E-state index in [-0.39, 0.29) is 35.5 Å². The number of benzene rings is 1. The van der Waals surface area contributed by atoms with Gasteiger partial charge in [-0.3, -0.25) is 24.1 Å². The molecule has 4 atom stereocenters. The van der Waals surface area contributed by atoms with Crippen LogP contribution in [-0.2, 0) is 23.9 Å². The van der Waals surface area contributed by atoms with E-state index in [1.807, 2.05) is 0 Å². The molecule has 7 nitrogen and oxygen atoms in total. The van der Waals surface area contributed by atoms with Crippen molar-refractivity contribution in [3.05, 3.63) is 28.7 Å². The molecule has 0 spiro atoms. The molecule has 2 aliphatic carbocycles. The molecule has 1 saturated heterocycles. The normalized spacial score (nSPS) is 28.4. The standard InChI is InChI=1S/C19H19BrN2O5/c20-12-3-5-13(6-4-12)21-14(23)9-27-15(24)8-22-18(25)16-10-1-2-11(7-10)17(16)19(22)26/h3-6,10-11,16-17H,1-2,7-9H2,(H,21,23)/t10-,11-,16-,17-/m0/s1. The molecule has 1 aromatic carbocycles. The van der Waals surface area contributed by atoms with Gasteiger partial charge in [-0.15, -0.1) is 0 Å². The Hall–Kier alpha value is -2.22. The van der Waals surface area contributed by atoms with Crippen molar-refractivity contribution in [2.24, 2.45) is 23.7 Å². The monoisotopic (exact) mass is 434 g/mol. The van der Waals surface area contributed by atoms with Crippen LogP contribution in [-0.4, -0.2) is 41.7 Å². The van der Waals surface area contributed by atoms with Gasteiger partial charge in [0.05, 0.1) is 11.8 Å². The second kappa shape index (κ2) is 7.07. The molecule has 0 radical (unpaired) electrons. The van der Waals surface area contributed by atoms with Gasteiger partial charge in [0, 0.05) is 10.2 Å². The Kier molecular flexibility index (Phi) is 4.75. The molecule has 2 bridgehead atoms. The highest BCUT2D eigenvalue weighted by Crippen LogP contribution is 2.56. The summed E-state index contributed by atoms with van der Waals surface area (Å²) in [6.45, 7) is -0.890. The molecule has 142 valence electrons. The first kappa shape index (κ1) is 18.2. The number of ether oxygens (including phenoxy) is 1. The summed E-state index contributed by atoms with van der Waals surface area (Å²) in [5.74, 6) is -1.73. The number of carbonyl (C=O) groups excluding carboxylic acids is 4. The second-order valence-corrected chi connectivity index (χ2v) is 8.28. The zero-order chi connectivity index (χ0) is 19.1. The van der Waals surface area contributed by atoms with Gasteiger partial charge in [-0.2, -0.15) is 0 Å². The topological polar surface area (TPSA) is 92.8 Å². The van der Waals surface area contributed by atoms with Crippen molar-refractivity contribution >= 4 is 45.3 Å². The number of nitrogens with one attached hydrogen (secondary N) is 1. The van der Waals surface area contributed by atoms with Crippen LogP contribution in [0.25, 0.3) is 0 Å². The number of fused-ring (bicyclic) bond motifs is 5. The molecule has 0 unspecified atom stereocenters. The highest BCUT2D eigenvalue weighted by Gasteiger charge is 2.61. The van der Waals surface area contributed by atoms with Gasteiger partial charge in [0.2, 0.25) is 11.8 Å². The van der Waals surface area contributed by atoms with E-state index in [0.29, 0.717) is 5.69 Å². The smallest absolute Gasteiger partial charge is 0.326 e. The van der Waals surface area contributed by atoms with Crippen LogP contribution >= 0.6 is 15.9 Å². The number of halogens is 1. The van der Waals surface area contributed by atoms with E-state index >= 15 is 0 Å². The Morgan fingerprint density at radius 1 is 1.07 bits per heavy atom. The van der Waals surface area contributed by atoms with Crippen LogP contribution in [0, 0.1) is 23.7 Å². The number of anilines is 1. The van der Waals surface area contributed by atoms with Crippen LogP contribution in [0.5, 0.6) is 0 Å². The molecule has 1 aliphatic heterocycles. The van der Waals surface area contributed by atoms with Crippen LogP contribution in [0.4, 0.5) is 5.69 Å². The first-order valence-corrected chi connectivity index (χ1v) is 9.79. The quantitative estimate of drug-likeness (QED) is 0.564. The third-order valence-electron chi connectivity index (χ3n) is 5.80. The van der Waals surface area contributed by atoms with Crippen LogP contribution in [0.15, 0.2) is 28.7 Å². The first-order valence-electron chi connectivity index (χ1n) is 9.00. The molecule has 0 aromatic heterocycles. The molecular formula is C19H19BrN2O5. The Bertz CT molecular complexity index is 781. The largest absolute Gasteiger partial charge is 0.454 e. The molecular weight excluding hydrogens is 416 g/mol. The zero-order valence-corrected chi connectivity index (χ0v) is 16.1. The molecule has 8 heteroatoms. The maximum absolute atomic E-state index is 12.5. The number of esters is 1. The van der Waals surface area contributed by atoms with Gasteiger partial charge in [-0.05, 0) is 55.4 Å². The summed E-state index contributed by atoms with van der Waals surface area (Å²) in [7, 11) is 0. The van der Waals surface area contributed by atoms with Gasteiger partial charge < -0.3 is 10.1 Å². The lowest BCUT2D eigenvalue weighted by atomic mass is 9.81. The van der Waals surface area contributed by atoms with Crippen LogP contribution < -0.4 is 5.32 Å². The van der Waals surface area contributed by atoms with Gasteiger partial charge >= 0.3 is 5.97 Å². The minimum Gasteiger partial charge on any atom is -0.454 e. The number of amides is 3. The Morgan fingerprint density at radius 3 is 2.26 bits per heavy atom. The molecule has 1 aromatic rings. The molecule has 3 fully saturated rings. The fourth-order valence-electron chi connectivity index (χ4n) is 4.68. The summed E-state index contributed by atoms with van der Waals surface area (Å²) in [5, 5.41) is 2.60. The maximum atomic E-state index is 12.5. The third kappa shape index (κ3) is 3.38. The highest BCUT2D eigenvalue weighted by atomic mass is 79.9. The lowest BCUT2D eigenvalue weighted by Gasteiger charge is -2.19. The summed E-state index contributed by atoms with van der Waals surface area (Å²) >= 11 is 3.30. The average Bonchev–Trinajstić information content (AvgIpc) is 3.32. The van der Waals surface area contributed by atoms with Crippen molar-refractivity contribution in [2.75, 3.05) is 18.5 Å². The van der Waals surface area contributed by atoms with Gasteiger partial charge in [0.1, 0.15) is 6.54 Å². The number of hydrogen-bond acceptors (Lipinski definition) is 5. The molecule has 1 heterocycles. The fourth-order valence-corrected chi connectivity index (χ4v) is 4.94. The SMILES string of the molecule is O=C(COC(=O)CN1C(=O)[C@H]2[C@H]3CC[C@@H](C3)[C@@H]2C1=O)Nc1ccc(Br)cc1. The van der Waals surface area contributed by atoms with Crippen molar-refractivity contribution in [3.8, 4) is 0 Å². The van der Waals surface area contributed by atoms with E-state index in [0.717, 1.165) is 28.6 Å². The number of hydrogen-bond donors (Lipinski definition) is 1. The summed E-state index contributed by atoms with van der Waals surface area (Å²) in [5.41, 5.74) is 0.576. The summed E-state index contributed by atoms with van der Waals surface area (Å²) in [6, 6.07) is 6.96. The summed E-state index contributed by atoms with van der Waals surface area (Å²) in [6.07, 6.45) is 2.92. The van der Waals surface area contributed by atoms with Crippen molar-refractivity contribution in [1.82, 2.24) is 4.90 Å². The van der Waals surface area contributed by atoms with Crippen LogP contribution in [0.2, 0.25) is 0 Å². The molecule has 27 heavy (non-hydrogen) atoms. The number of nitrogens with zero attached hydrogens (tertiary/aromatic N) is 1. The Labute approximate surface area is 164 Å². The van der Waals surface area contributed by atoms with Gasteiger partial charge in [0.25, 0.3) is 5.91 Å². The predicted octanol–water partition coefficient (Wildman–Crippen LogP) is 1.96. The maximum Gasteiger partial charge on any atom is 0.326 e. The van der Waals surface area contributed by atoms with Crippen molar-refractivity contribution in [3.63, 3.8) is 0 Å². The van der Waals surface area contributed by atoms with E-state index in [9.17, 15) is 19.2 Å². The molecule has 3 amide bonds. The minimum absolute atomic E-state index is 0.256. The van der Waals surface area contributed by atoms with Gasteiger partial charge in [-0.1, -0.05) is 15.9 Å². The van der Waals surface area contributed by atoms with Crippen molar-refractivity contribution in [2.45, 2.75) is 19.3 Å². The van der Waals surface area contributed by atoms with Gasteiger partial charge in [0.15, 0.2) is 6.61 Å². The lowest BCUT2D eigenvalue weighted by molar-refractivity contribution is -0.154. The Morgan fingerprint density at radius 2 is 1.67 bits per heavy atom. The highest BCUT2D eigenvalue weighted by molar-refractivity contribution is 9.10. The third-order valence-corrected chi connectivity index (χ3v) is 6.33. The van der Waals surface area contributed by atoms with Crippen LogP contribution in [0.3, 0.4) is 0 Å². The lowest BCUT2D eigenvalue weighted by Crippen LogP contribution is -2.38. The molecule has 1 N–H and O–H groups in total.